The molecule has 0 unspecified atom stereocenters. The van der Waals surface area contributed by atoms with Gasteiger partial charge in [-0.05, 0) is 12.5 Å². The Morgan fingerprint density at radius 1 is 1.29 bits per heavy atom. The van der Waals surface area contributed by atoms with Crippen molar-refractivity contribution < 1.29 is 14.3 Å². The van der Waals surface area contributed by atoms with Crippen LogP contribution >= 0.6 is 11.6 Å². The highest BCUT2D eigenvalue weighted by Crippen LogP contribution is 2.32. The molecule has 0 aliphatic rings. The molecule has 1 rings (SSSR count). The van der Waals surface area contributed by atoms with E-state index in [1.54, 1.807) is 26.4 Å². The van der Waals surface area contributed by atoms with Gasteiger partial charge in [0.15, 0.2) is 11.5 Å². The third-order valence-electron chi connectivity index (χ3n) is 2.90. The number of ether oxygens (including phenoxy) is 2. The predicted molar refractivity (Wildman–Crippen MR) is 84.4 cm³/mol. The van der Waals surface area contributed by atoms with E-state index in [2.05, 4.69) is 17.5 Å². The van der Waals surface area contributed by atoms with Gasteiger partial charge in [-0.2, -0.15) is 5.10 Å². The van der Waals surface area contributed by atoms with E-state index in [-0.39, 0.29) is 5.91 Å². The molecular formula is C15H21ClN2O3. The highest BCUT2D eigenvalue weighted by Gasteiger charge is 2.08. The van der Waals surface area contributed by atoms with Crippen LogP contribution < -0.4 is 14.9 Å². The summed E-state index contributed by atoms with van der Waals surface area (Å²) in [5, 5.41) is 4.38. The molecule has 5 nitrogen and oxygen atoms in total. The number of hydrogen-bond acceptors (Lipinski definition) is 4. The third kappa shape index (κ3) is 5.63. The molecule has 1 amide bonds. The third-order valence-corrected chi connectivity index (χ3v) is 3.23. The van der Waals surface area contributed by atoms with Crippen LogP contribution in [-0.4, -0.2) is 26.3 Å². The number of hydrazone groups is 1. The topological polar surface area (TPSA) is 59.9 Å². The standard InChI is InChI=1S/C15H21ClN2O3/c1-4-5-6-7-15(19)18-17-10-11-8-13(20-2)14(21-3)9-12(11)16/h8-10H,4-7H2,1-3H3,(H,18,19)/b17-10+. The second kappa shape index (κ2) is 9.23. The normalized spacial score (nSPS) is 10.7. The SMILES string of the molecule is CCCCCC(=O)N/N=C/c1cc(OC)c(OC)cc1Cl. The van der Waals surface area contributed by atoms with E-state index < -0.39 is 0 Å². The number of hydrogen-bond donors (Lipinski definition) is 1. The minimum absolute atomic E-state index is 0.101. The van der Waals surface area contributed by atoms with Gasteiger partial charge in [-0.15, -0.1) is 0 Å². The van der Waals surface area contributed by atoms with Crippen LogP contribution in [0.4, 0.5) is 0 Å². The first-order valence-corrected chi connectivity index (χ1v) is 7.23. The summed E-state index contributed by atoms with van der Waals surface area (Å²) in [5.74, 6) is 0.997. The molecule has 0 aliphatic carbocycles. The van der Waals surface area contributed by atoms with Gasteiger partial charge in [0.2, 0.25) is 5.91 Å². The zero-order valence-electron chi connectivity index (χ0n) is 12.6. The average molecular weight is 313 g/mol. The Hall–Kier alpha value is -1.75. The van der Waals surface area contributed by atoms with Crippen LogP contribution in [0.3, 0.4) is 0 Å². The molecule has 116 valence electrons. The van der Waals surface area contributed by atoms with Crippen molar-refractivity contribution in [1.29, 1.82) is 0 Å². The van der Waals surface area contributed by atoms with Crippen LogP contribution in [0.1, 0.15) is 38.2 Å². The predicted octanol–water partition coefficient (Wildman–Crippen LogP) is 3.39. The number of nitrogens with zero attached hydrogens (tertiary/aromatic N) is 1. The van der Waals surface area contributed by atoms with Crippen LogP contribution in [0.25, 0.3) is 0 Å². The zero-order valence-corrected chi connectivity index (χ0v) is 13.4. The van der Waals surface area contributed by atoms with Gasteiger partial charge in [0.05, 0.1) is 25.5 Å². The van der Waals surface area contributed by atoms with E-state index in [4.69, 9.17) is 21.1 Å². The number of methoxy groups -OCH3 is 2. The first-order valence-electron chi connectivity index (χ1n) is 6.85. The number of carbonyl (C=O) groups excluding carboxylic acids is 1. The molecule has 0 fully saturated rings. The molecular weight excluding hydrogens is 292 g/mol. The second-order valence-corrected chi connectivity index (χ2v) is 4.89. The lowest BCUT2D eigenvalue weighted by Gasteiger charge is -2.09. The van der Waals surface area contributed by atoms with Crippen molar-refractivity contribution in [2.45, 2.75) is 32.6 Å². The highest BCUT2D eigenvalue weighted by molar-refractivity contribution is 6.33. The van der Waals surface area contributed by atoms with Crippen LogP contribution in [0.2, 0.25) is 5.02 Å². The summed E-state index contributed by atoms with van der Waals surface area (Å²) in [5.41, 5.74) is 3.12. The Morgan fingerprint density at radius 3 is 2.57 bits per heavy atom. The summed E-state index contributed by atoms with van der Waals surface area (Å²) in [7, 11) is 3.08. The van der Waals surface area contributed by atoms with Gasteiger partial charge in [-0.3, -0.25) is 4.79 Å². The highest BCUT2D eigenvalue weighted by atomic mass is 35.5. The maximum Gasteiger partial charge on any atom is 0.240 e. The van der Waals surface area contributed by atoms with Gasteiger partial charge in [-0.1, -0.05) is 31.4 Å². The molecule has 0 spiro atoms. The lowest BCUT2D eigenvalue weighted by molar-refractivity contribution is -0.121. The lowest BCUT2D eigenvalue weighted by atomic mass is 10.2. The molecule has 0 saturated carbocycles. The first kappa shape index (κ1) is 17.3. The molecule has 6 heteroatoms. The van der Waals surface area contributed by atoms with Crippen molar-refractivity contribution in [1.82, 2.24) is 5.43 Å². The van der Waals surface area contributed by atoms with Crippen molar-refractivity contribution in [2.75, 3.05) is 14.2 Å². The van der Waals surface area contributed by atoms with Crippen LogP contribution in [0, 0.1) is 0 Å². The van der Waals surface area contributed by atoms with E-state index in [0.717, 1.165) is 19.3 Å². The smallest absolute Gasteiger partial charge is 0.240 e. The number of nitrogens with one attached hydrogen (secondary N) is 1. The molecule has 1 aromatic carbocycles. The van der Waals surface area contributed by atoms with Gasteiger partial charge in [0.1, 0.15) is 0 Å². The number of halogens is 1. The summed E-state index contributed by atoms with van der Waals surface area (Å²) < 4.78 is 10.3. The molecule has 0 aliphatic heterocycles. The Bertz CT molecular complexity index is 504. The van der Waals surface area contributed by atoms with Crippen LogP contribution in [0.15, 0.2) is 17.2 Å². The lowest BCUT2D eigenvalue weighted by Crippen LogP contribution is -2.16. The average Bonchev–Trinajstić information content (AvgIpc) is 2.48. The monoisotopic (exact) mass is 312 g/mol. The fourth-order valence-electron chi connectivity index (χ4n) is 1.73. The number of unbranched alkanes of at least 4 members (excludes halogenated alkanes) is 2. The van der Waals surface area contributed by atoms with Crippen molar-refractivity contribution in [3.05, 3.63) is 22.7 Å². The summed E-state index contributed by atoms with van der Waals surface area (Å²) >= 11 is 6.12. The zero-order chi connectivity index (χ0) is 15.7. The Labute approximate surface area is 130 Å². The van der Waals surface area contributed by atoms with Crippen molar-refractivity contribution in [3.8, 4) is 11.5 Å². The number of benzene rings is 1. The first-order chi connectivity index (χ1) is 10.1. The van der Waals surface area contributed by atoms with Crippen LogP contribution in [-0.2, 0) is 4.79 Å². The molecule has 21 heavy (non-hydrogen) atoms. The number of amides is 1. The molecule has 0 atom stereocenters. The molecule has 0 radical (unpaired) electrons. The quantitative estimate of drug-likeness (QED) is 0.455. The molecule has 0 saturated heterocycles. The maximum atomic E-state index is 11.5. The van der Waals surface area contributed by atoms with E-state index in [9.17, 15) is 4.79 Å². The molecule has 1 N–H and O–H groups in total. The summed E-state index contributed by atoms with van der Waals surface area (Å²) in [4.78, 5) is 11.5. The van der Waals surface area contributed by atoms with Gasteiger partial charge in [0, 0.05) is 18.1 Å². The van der Waals surface area contributed by atoms with Crippen LogP contribution in [0.5, 0.6) is 11.5 Å². The van der Waals surface area contributed by atoms with Gasteiger partial charge >= 0.3 is 0 Å². The Balaban J connectivity index is 2.65. The Morgan fingerprint density at radius 2 is 1.95 bits per heavy atom. The van der Waals surface area contributed by atoms with Gasteiger partial charge in [0.25, 0.3) is 0 Å². The summed E-state index contributed by atoms with van der Waals surface area (Å²) in [6.07, 6.45) is 4.96. The second-order valence-electron chi connectivity index (χ2n) is 4.48. The number of carbonyl (C=O) groups is 1. The Kier molecular flexibility index (Phi) is 7.61. The fourth-order valence-corrected chi connectivity index (χ4v) is 1.94. The number of rotatable bonds is 8. The summed E-state index contributed by atoms with van der Waals surface area (Å²) in [6.45, 7) is 2.09. The van der Waals surface area contributed by atoms with Crippen molar-refractivity contribution in [3.63, 3.8) is 0 Å². The van der Waals surface area contributed by atoms with E-state index >= 15 is 0 Å². The van der Waals surface area contributed by atoms with E-state index in [1.807, 2.05) is 0 Å². The van der Waals surface area contributed by atoms with Crippen molar-refractivity contribution in [2.24, 2.45) is 5.10 Å². The summed E-state index contributed by atoms with van der Waals surface area (Å²) in [6, 6.07) is 3.35. The van der Waals surface area contributed by atoms with E-state index in [0.29, 0.717) is 28.5 Å². The van der Waals surface area contributed by atoms with Gasteiger partial charge < -0.3 is 9.47 Å². The molecule has 1 aromatic rings. The molecule has 0 heterocycles. The fraction of sp³-hybridized carbons (Fsp3) is 0.467. The minimum Gasteiger partial charge on any atom is -0.493 e. The van der Waals surface area contributed by atoms with E-state index in [1.165, 1.54) is 6.21 Å². The van der Waals surface area contributed by atoms with Gasteiger partial charge in [-0.25, -0.2) is 5.43 Å². The molecule has 0 aromatic heterocycles. The minimum atomic E-state index is -0.101. The molecule has 0 bridgehead atoms. The van der Waals surface area contributed by atoms with Crippen molar-refractivity contribution >= 4 is 23.7 Å². The largest absolute Gasteiger partial charge is 0.493 e. The maximum absolute atomic E-state index is 11.5.